The van der Waals surface area contributed by atoms with E-state index < -0.39 is 23.8 Å². The molecule has 28 heavy (non-hydrogen) atoms. The summed E-state index contributed by atoms with van der Waals surface area (Å²) in [5.74, 6) is -2.02. The summed E-state index contributed by atoms with van der Waals surface area (Å²) < 4.78 is 23.6. The molecular formula is C20H17FN2O5. The second-order valence-corrected chi connectivity index (χ2v) is 5.61. The zero-order valence-electron chi connectivity index (χ0n) is 15.1. The summed E-state index contributed by atoms with van der Waals surface area (Å²) in [6.45, 7) is 1.34. The zero-order valence-corrected chi connectivity index (χ0v) is 15.1. The number of ether oxygens (including phenoxy) is 2. The van der Waals surface area contributed by atoms with Crippen LogP contribution in [0, 0.1) is 17.1 Å². The number of carboxylic acids is 1. The van der Waals surface area contributed by atoms with Crippen LogP contribution >= 0.6 is 0 Å². The van der Waals surface area contributed by atoms with Gasteiger partial charge in [-0.05, 0) is 43.3 Å². The van der Waals surface area contributed by atoms with Gasteiger partial charge in [0.15, 0.2) is 17.6 Å². The van der Waals surface area contributed by atoms with Crippen LogP contribution in [0.5, 0.6) is 11.5 Å². The summed E-state index contributed by atoms with van der Waals surface area (Å²) in [4.78, 5) is 23.5. The normalized spacial score (nSPS) is 11.9. The Bertz CT molecular complexity index is 948. The Hall–Kier alpha value is -3.86. The lowest BCUT2D eigenvalue weighted by atomic mass is 10.1. The fourth-order valence-electron chi connectivity index (χ4n) is 2.20. The number of nitriles is 1. The molecule has 0 aliphatic heterocycles. The number of para-hydroxylation sites is 1. The van der Waals surface area contributed by atoms with E-state index in [0.29, 0.717) is 11.3 Å². The summed E-state index contributed by atoms with van der Waals surface area (Å²) in [6, 6.07) is 11.6. The van der Waals surface area contributed by atoms with Gasteiger partial charge >= 0.3 is 5.97 Å². The number of hydrogen-bond donors (Lipinski definition) is 2. The molecule has 2 aromatic carbocycles. The number of rotatable bonds is 7. The minimum atomic E-state index is -1.18. The van der Waals surface area contributed by atoms with E-state index in [1.807, 2.05) is 0 Å². The number of anilines is 1. The molecule has 1 amide bonds. The highest BCUT2D eigenvalue weighted by molar-refractivity contribution is 6.09. The third-order valence-electron chi connectivity index (χ3n) is 3.64. The fourth-order valence-corrected chi connectivity index (χ4v) is 2.20. The van der Waals surface area contributed by atoms with Gasteiger partial charge in [-0.1, -0.05) is 12.1 Å². The van der Waals surface area contributed by atoms with Crippen molar-refractivity contribution >= 4 is 23.6 Å². The van der Waals surface area contributed by atoms with Gasteiger partial charge in [0.05, 0.1) is 7.11 Å². The Labute approximate surface area is 160 Å². The average molecular weight is 384 g/mol. The molecule has 0 aromatic heterocycles. The fraction of sp³-hybridized carbons (Fsp3) is 0.150. The van der Waals surface area contributed by atoms with Crippen LogP contribution in [0.2, 0.25) is 0 Å². The number of aliphatic carboxylic acids is 1. The van der Waals surface area contributed by atoms with Crippen LogP contribution in [0.1, 0.15) is 12.5 Å². The molecule has 1 atom stereocenters. The SMILES string of the molecule is COc1cccc(/C=C(/C#N)C(=O)Nc2ccc(F)cc2)c1O[C@H](C)C(=O)O. The molecule has 8 heteroatoms. The Morgan fingerprint density at radius 1 is 1.25 bits per heavy atom. The van der Waals surface area contributed by atoms with Crippen molar-refractivity contribution in [2.45, 2.75) is 13.0 Å². The lowest BCUT2D eigenvalue weighted by Gasteiger charge is -2.16. The van der Waals surface area contributed by atoms with Crippen LogP contribution in [-0.2, 0) is 9.59 Å². The molecule has 0 spiro atoms. The summed E-state index contributed by atoms with van der Waals surface area (Å²) in [5.41, 5.74) is 0.345. The van der Waals surface area contributed by atoms with E-state index in [1.165, 1.54) is 44.4 Å². The van der Waals surface area contributed by atoms with E-state index in [9.17, 15) is 19.2 Å². The summed E-state index contributed by atoms with van der Waals surface area (Å²) in [7, 11) is 1.38. The number of carbonyl (C=O) groups is 2. The Morgan fingerprint density at radius 3 is 2.50 bits per heavy atom. The quantitative estimate of drug-likeness (QED) is 0.560. The van der Waals surface area contributed by atoms with Crippen LogP contribution in [-0.4, -0.2) is 30.2 Å². The second kappa shape index (κ2) is 9.19. The number of methoxy groups -OCH3 is 1. The Kier molecular flexibility index (Phi) is 6.71. The monoisotopic (exact) mass is 384 g/mol. The van der Waals surface area contributed by atoms with Gasteiger partial charge in [0.25, 0.3) is 5.91 Å². The molecule has 0 aliphatic carbocycles. The van der Waals surface area contributed by atoms with Crippen molar-refractivity contribution in [3.8, 4) is 17.6 Å². The van der Waals surface area contributed by atoms with Gasteiger partial charge in [-0.2, -0.15) is 5.26 Å². The van der Waals surface area contributed by atoms with Crippen molar-refractivity contribution in [2.24, 2.45) is 0 Å². The highest BCUT2D eigenvalue weighted by atomic mass is 19.1. The van der Waals surface area contributed by atoms with Crippen LogP contribution in [0.4, 0.5) is 10.1 Å². The minimum Gasteiger partial charge on any atom is -0.493 e. The largest absolute Gasteiger partial charge is 0.493 e. The van der Waals surface area contributed by atoms with Crippen molar-refractivity contribution in [1.29, 1.82) is 5.26 Å². The number of hydrogen-bond acceptors (Lipinski definition) is 5. The molecule has 144 valence electrons. The number of nitrogens with one attached hydrogen (secondary N) is 1. The van der Waals surface area contributed by atoms with Crippen molar-refractivity contribution < 1.29 is 28.6 Å². The average Bonchev–Trinajstić information content (AvgIpc) is 2.68. The van der Waals surface area contributed by atoms with Gasteiger partial charge in [0.1, 0.15) is 17.5 Å². The summed E-state index contributed by atoms with van der Waals surface area (Å²) >= 11 is 0. The standard InChI is InChI=1S/C20H17FN2O5/c1-12(20(25)26)28-18-13(4-3-5-17(18)27-2)10-14(11-22)19(24)23-16-8-6-15(21)7-9-16/h3-10,12H,1-2H3,(H,23,24)(H,25,26)/b14-10-/t12-/m1/s1. The number of benzene rings is 2. The molecular weight excluding hydrogens is 367 g/mol. The summed E-state index contributed by atoms with van der Waals surface area (Å²) in [6.07, 6.45) is 0.0766. The van der Waals surface area contributed by atoms with E-state index in [4.69, 9.17) is 14.6 Å². The molecule has 0 saturated carbocycles. The molecule has 0 heterocycles. The van der Waals surface area contributed by atoms with Gasteiger partial charge < -0.3 is 19.9 Å². The molecule has 2 aromatic rings. The Morgan fingerprint density at radius 2 is 1.93 bits per heavy atom. The first kappa shape index (κ1) is 20.5. The number of carboxylic acid groups (broad SMARTS) is 1. The van der Waals surface area contributed by atoms with E-state index in [2.05, 4.69) is 5.32 Å². The van der Waals surface area contributed by atoms with Gasteiger partial charge in [-0.25, -0.2) is 9.18 Å². The number of halogens is 1. The third-order valence-corrected chi connectivity index (χ3v) is 3.64. The van der Waals surface area contributed by atoms with Crippen LogP contribution in [0.25, 0.3) is 6.08 Å². The van der Waals surface area contributed by atoms with Gasteiger partial charge in [0, 0.05) is 11.3 Å². The van der Waals surface area contributed by atoms with E-state index in [0.717, 1.165) is 0 Å². The molecule has 0 unspecified atom stereocenters. The predicted octanol–water partition coefficient (Wildman–Crippen LogP) is 3.23. The van der Waals surface area contributed by atoms with E-state index in [-0.39, 0.29) is 17.1 Å². The number of carbonyl (C=O) groups excluding carboxylic acids is 1. The van der Waals surface area contributed by atoms with Crippen molar-refractivity contribution in [2.75, 3.05) is 12.4 Å². The molecule has 2 N–H and O–H groups in total. The molecule has 0 bridgehead atoms. The molecule has 2 rings (SSSR count). The van der Waals surface area contributed by atoms with Crippen LogP contribution < -0.4 is 14.8 Å². The first-order chi connectivity index (χ1) is 13.3. The predicted molar refractivity (Wildman–Crippen MR) is 99.3 cm³/mol. The molecule has 0 radical (unpaired) electrons. The number of amides is 1. The van der Waals surface area contributed by atoms with Gasteiger partial charge in [-0.15, -0.1) is 0 Å². The summed E-state index contributed by atoms with van der Waals surface area (Å²) in [5, 5.41) is 20.9. The Balaban J connectivity index is 2.37. The van der Waals surface area contributed by atoms with E-state index in [1.54, 1.807) is 24.3 Å². The maximum atomic E-state index is 13.0. The molecule has 0 fully saturated rings. The molecule has 0 aliphatic rings. The minimum absolute atomic E-state index is 0.0854. The number of nitrogens with zero attached hydrogens (tertiary/aromatic N) is 1. The maximum absolute atomic E-state index is 13.0. The second-order valence-electron chi connectivity index (χ2n) is 5.61. The van der Waals surface area contributed by atoms with Crippen molar-refractivity contribution in [3.63, 3.8) is 0 Å². The highest BCUT2D eigenvalue weighted by Gasteiger charge is 2.19. The first-order valence-corrected chi connectivity index (χ1v) is 8.11. The van der Waals surface area contributed by atoms with Gasteiger partial charge in [0.2, 0.25) is 0 Å². The maximum Gasteiger partial charge on any atom is 0.344 e. The topological polar surface area (TPSA) is 109 Å². The lowest BCUT2D eigenvalue weighted by molar-refractivity contribution is -0.144. The third kappa shape index (κ3) is 5.08. The highest BCUT2D eigenvalue weighted by Crippen LogP contribution is 2.33. The van der Waals surface area contributed by atoms with Crippen LogP contribution in [0.15, 0.2) is 48.0 Å². The van der Waals surface area contributed by atoms with Crippen molar-refractivity contribution in [3.05, 3.63) is 59.4 Å². The lowest BCUT2D eigenvalue weighted by Crippen LogP contribution is -2.23. The first-order valence-electron chi connectivity index (χ1n) is 8.11. The van der Waals surface area contributed by atoms with Gasteiger partial charge in [-0.3, -0.25) is 4.79 Å². The van der Waals surface area contributed by atoms with E-state index >= 15 is 0 Å². The molecule has 0 saturated heterocycles. The molecule has 7 nitrogen and oxygen atoms in total. The van der Waals surface area contributed by atoms with Crippen LogP contribution in [0.3, 0.4) is 0 Å². The zero-order chi connectivity index (χ0) is 20.7. The van der Waals surface area contributed by atoms with Crippen molar-refractivity contribution in [1.82, 2.24) is 0 Å². The smallest absolute Gasteiger partial charge is 0.344 e.